The molecule has 1 saturated carbocycles. The Morgan fingerprint density at radius 2 is 1.97 bits per heavy atom. The summed E-state index contributed by atoms with van der Waals surface area (Å²) in [5.41, 5.74) is 1.71. The first kappa shape index (κ1) is 22.8. The molecule has 32 heavy (non-hydrogen) atoms. The number of nitrogens with one attached hydrogen (secondary N) is 2. The van der Waals surface area contributed by atoms with Crippen LogP contribution in [0.2, 0.25) is 0 Å². The fourth-order valence-corrected chi connectivity index (χ4v) is 5.32. The summed E-state index contributed by atoms with van der Waals surface area (Å²) in [5.74, 6) is -0.0700. The second-order valence-electron chi connectivity index (χ2n) is 7.96. The molecule has 170 valence electrons. The first-order valence-electron chi connectivity index (χ1n) is 10.4. The smallest absolute Gasteiger partial charge is 0.225 e. The largest absolute Gasteiger partial charge is 0.496 e. The number of methoxy groups -OCH3 is 1. The highest BCUT2D eigenvalue weighted by Crippen LogP contribution is 2.37. The van der Waals surface area contributed by atoms with E-state index in [1.165, 1.54) is 0 Å². The monoisotopic (exact) mass is 473 g/mol. The first-order chi connectivity index (χ1) is 15.4. The molecule has 2 aliphatic rings. The Bertz CT molecular complexity index is 987. The summed E-state index contributed by atoms with van der Waals surface area (Å²) in [6.45, 7) is 0.301. The molecule has 1 aliphatic heterocycles. The van der Waals surface area contributed by atoms with Crippen molar-refractivity contribution < 1.29 is 19.7 Å². The van der Waals surface area contributed by atoms with E-state index in [2.05, 4.69) is 10.6 Å². The molecule has 1 amide bonds. The summed E-state index contributed by atoms with van der Waals surface area (Å²) in [4.78, 5) is 16.3. The second-order valence-corrected chi connectivity index (χ2v) is 9.23. The van der Waals surface area contributed by atoms with Gasteiger partial charge >= 0.3 is 0 Å². The lowest BCUT2D eigenvalue weighted by atomic mass is 9.77. The number of para-hydroxylation sites is 1. The van der Waals surface area contributed by atoms with Crippen LogP contribution in [0.3, 0.4) is 0 Å². The zero-order valence-electron chi connectivity index (χ0n) is 17.9. The number of aliphatic hydroxyl groups is 2. The molecule has 4 N–H and O–H groups in total. The number of aliphatic hydroxyl groups excluding tert-OH is 2. The third kappa shape index (κ3) is 4.30. The van der Waals surface area contributed by atoms with Crippen molar-refractivity contribution in [3.8, 4) is 5.75 Å². The van der Waals surface area contributed by atoms with Crippen molar-refractivity contribution in [2.75, 3.05) is 18.3 Å². The number of carbonyl (C=O) groups excluding carboxylic acids is 1. The van der Waals surface area contributed by atoms with Gasteiger partial charge in [0.1, 0.15) is 11.9 Å². The van der Waals surface area contributed by atoms with Crippen LogP contribution in [0.4, 0.5) is 5.69 Å². The number of thioether (sulfide) groups is 1. The van der Waals surface area contributed by atoms with Crippen LogP contribution in [0.5, 0.6) is 5.75 Å². The number of hydrogen-bond donors (Lipinski definition) is 4. The van der Waals surface area contributed by atoms with Gasteiger partial charge in [0.15, 0.2) is 5.11 Å². The average Bonchev–Trinajstić information content (AvgIpc) is 3.17. The molecule has 1 aliphatic carbocycles. The van der Waals surface area contributed by atoms with Crippen LogP contribution in [0.15, 0.2) is 53.4 Å². The molecule has 0 bridgehead atoms. The Labute approximate surface area is 197 Å². The highest BCUT2D eigenvalue weighted by molar-refractivity contribution is 7.98. The van der Waals surface area contributed by atoms with E-state index < -0.39 is 30.2 Å². The first-order valence-corrected chi connectivity index (χ1v) is 12.1. The van der Waals surface area contributed by atoms with Gasteiger partial charge in [-0.15, -0.1) is 11.8 Å². The van der Waals surface area contributed by atoms with Gasteiger partial charge in [0.05, 0.1) is 31.2 Å². The van der Waals surface area contributed by atoms with E-state index in [1.807, 2.05) is 59.7 Å². The summed E-state index contributed by atoms with van der Waals surface area (Å²) >= 11 is 7.21. The minimum atomic E-state index is -1.02. The van der Waals surface area contributed by atoms with Crippen molar-refractivity contribution in [2.24, 2.45) is 5.92 Å². The number of fused-ring (bicyclic) bond motifs is 1. The molecule has 0 aromatic heterocycles. The third-order valence-electron chi connectivity index (χ3n) is 6.18. The van der Waals surface area contributed by atoms with Crippen LogP contribution >= 0.6 is 24.0 Å². The summed E-state index contributed by atoms with van der Waals surface area (Å²) < 4.78 is 5.37. The van der Waals surface area contributed by atoms with Crippen molar-refractivity contribution in [1.29, 1.82) is 0 Å². The van der Waals surface area contributed by atoms with E-state index in [0.29, 0.717) is 17.4 Å². The second kappa shape index (κ2) is 9.66. The number of carbonyl (C=O) groups is 1. The quantitative estimate of drug-likeness (QED) is 0.374. The van der Waals surface area contributed by atoms with Gasteiger partial charge < -0.3 is 30.5 Å². The Balaban J connectivity index is 1.59. The molecule has 2 aromatic carbocycles. The van der Waals surface area contributed by atoms with Crippen LogP contribution in [-0.4, -0.2) is 58.9 Å². The van der Waals surface area contributed by atoms with Crippen LogP contribution in [-0.2, 0) is 11.3 Å². The fourth-order valence-electron chi connectivity index (χ4n) is 4.55. The SMILES string of the molecule is COc1ccccc1CNC(=O)[C@@H]1C[C@@H](O)[C@H](O)[C@@H]2NC(=S)N(c3ccc(SC)cc3)[C@@H]21. The van der Waals surface area contributed by atoms with Gasteiger partial charge in [-0.3, -0.25) is 4.79 Å². The number of thiocarbonyl (C=S) groups is 1. The molecular formula is C23H27N3O4S2. The lowest BCUT2D eigenvalue weighted by Crippen LogP contribution is -2.60. The van der Waals surface area contributed by atoms with Crippen molar-refractivity contribution in [3.63, 3.8) is 0 Å². The number of hydrogen-bond acceptors (Lipinski definition) is 6. The van der Waals surface area contributed by atoms with E-state index >= 15 is 0 Å². The van der Waals surface area contributed by atoms with E-state index in [1.54, 1.807) is 18.9 Å². The molecule has 2 fully saturated rings. The van der Waals surface area contributed by atoms with Crippen molar-refractivity contribution >= 4 is 40.7 Å². The minimum Gasteiger partial charge on any atom is -0.496 e. The Morgan fingerprint density at radius 1 is 1.25 bits per heavy atom. The van der Waals surface area contributed by atoms with Crippen molar-refractivity contribution in [2.45, 2.75) is 42.2 Å². The molecule has 9 heteroatoms. The van der Waals surface area contributed by atoms with E-state index in [0.717, 1.165) is 16.1 Å². The summed E-state index contributed by atoms with van der Waals surface area (Å²) in [5, 5.41) is 27.7. The topological polar surface area (TPSA) is 94.1 Å². The van der Waals surface area contributed by atoms with E-state index in [-0.39, 0.29) is 12.3 Å². The number of rotatable bonds is 6. The normalized spacial score (nSPS) is 26.9. The van der Waals surface area contributed by atoms with Crippen LogP contribution in [0.25, 0.3) is 0 Å². The summed E-state index contributed by atoms with van der Waals surface area (Å²) in [6.07, 6.45) is 0.108. The third-order valence-corrected chi connectivity index (χ3v) is 7.24. The molecule has 5 atom stereocenters. The lowest BCUT2D eigenvalue weighted by Gasteiger charge is -2.41. The summed E-state index contributed by atoms with van der Waals surface area (Å²) in [7, 11) is 1.59. The number of ether oxygens (including phenoxy) is 1. The van der Waals surface area contributed by atoms with E-state index in [4.69, 9.17) is 17.0 Å². The van der Waals surface area contributed by atoms with Gasteiger partial charge in [-0.25, -0.2) is 0 Å². The number of anilines is 1. The molecule has 0 unspecified atom stereocenters. The Morgan fingerprint density at radius 3 is 2.66 bits per heavy atom. The zero-order valence-corrected chi connectivity index (χ0v) is 19.5. The maximum absolute atomic E-state index is 13.3. The maximum atomic E-state index is 13.3. The van der Waals surface area contributed by atoms with Crippen molar-refractivity contribution in [3.05, 3.63) is 54.1 Å². The molecular weight excluding hydrogens is 446 g/mol. The molecule has 0 radical (unpaired) electrons. The standard InChI is InChI=1S/C23H27N3O4S2/c1-30-18-6-4-3-5-13(18)12-24-22(29)16-11-17(27)21(28)19-20(16)26(23(31)25-19)14-7-9-15(32-2)10-8-14/h3-10,16-17,19-21,27-28H,11-12H2,1-2H3,(H,24,29)(H,25,31)/t16-,17-,19-,20-,21+/m1/s1. The Hall–Kier alpha value is -2.33. The minimum absolute atomic E-state index is 0.143. The molecule has 1 saturated heterocycles. The molecule has 1 heterocycles. The molecule has 4 rings (SSSR count). The van der Waals surface area contributed by atoms with Gasteiger partial charge in [-0.2, -0.15) is 0 Å². The number of nitrogens with zero attached hydrogens (tertiary/aromatic N) is 1. The van der Waals surface area contributed by atoms with Gasteiger partial charge in [0.25, 0.3) is 0 Å². The van der Waals surface area contributed by atoms with Gasteiger partial charge in [-0.1, -0.05) is 18.2 Å². The fraction of sp³-hybridized carbons (Fsp3) is 0.391. The van der Waals surface area contributed by atoms with Crippen LogP contribution in [0, 0.1) is 5.92 Å². The Kier molecular flexibility index (Phi) is 6.90. The average molecular weight is 474 g/mol. The maximum Gasteiger partial charge on any atom is 0.225 e. The highest BCUT2D eigenvalue weighted by Gasteiger charge is 2.53. The zero-order chi connectivity index (χ0) is 22.8. The molecule has 2 aromatic rings. The number of benzene rings is 2. The predicted octanol–water partition coefficient (Wildman–Crippen LogP) is 1.91. The highest BCUT2D eigenvalue weighted by atomic mass is 32.2. The van der Waals surface area contributed by atoms with Crippen LogP contribution < -0.4 is 20.3 Å². The van der Waals surface area contributed by atoms with Crippen molar-refractivity contribution in [1.82, 2.24) is 10.6 Å². The molecule has 0 spiro atoms. The predicted molar refractivity (Wildman–Crippen MR) is 129 cm³/mol. The van der Waals surface area contributed by atoms with E-state index in [9.17, 15) is 15.0 Å². The number of amides is 1. The van der Waals surface area contributed by atoms with Gasteiger partial charge in [0, 0.05) is 22.7 Å². The van der Waals surface area contributed by atoms with Gasteiger partial charge in [0.2, 0.25) is 5.91 Å². The summed E-state index contributed by atoms with van der Waals surface area (Å²) in [6, 6.07) is 14.5. The van der Waals surface area contributed by atoms with Gasteiger partial charge in [-0.05, 0) is 55.2 Å². The molecule has 7 nitrogen and oxygen atoms in total. The van der Waals surface area contributed by atoms with Crippen LogP contribution in [0.1, 0.15) is 12.0 Å². The lowest BCUT2D eigenvalue weighted by molar-refractivity contribution is -0.131.